The van der Waals surface area contributed by atoms with Gasteiger partial charge in [-0.1, -0.05) is 0 Å². The SMILES string of the molecule is O=C1CC(OC(=O)/C=C/C(=O)OC2CCCC2=O)C(=O)N1. The number of ketones is 1. The number of carbonyl (C=O) groups is 5. The lowest BCUT2D eigenvalue weighted by Gasteiger charge is -2.08. The van der Waals surface area contributed by atoms with E-state index >= 15 is 0 Å². The lowest BCUT2D eigenvalue weighted by Crippen LogP contribution is -2.28. The van der Waals surface area contributed by atoms with E-state index in [4.69, 9.17) is 9.47 Å². The summed E-state index contributed by atoms with van der Waals surface area (Å²) in [6, 6.07) is 0. The van der Waals surface area contributed by atoms with Crippen molar-refractivity contribution in [1.82, 2.24) is 5.32 Å². The molecule has 2 aliphatic rings. The number of hydrogen-bond acceptors (Lipinski definition) is 7. The Morgan fingerprint density at radius 1 is 1.05 bits per heavy atom. The third kappa shape index (κ3) is 3.98. The minimum Gasteiger partial charge on any atom is -0.451 e. The summed E-state index contributed by atoms with van der Waals surface area (Å²) in [5.41, 5.74) is 0. The molecule has 1 aliphatic heterocycles. The number of esters is 2. The normalized spacial score (nSPS) is 25.2. The molecule has 1 N–H and O–H groups in total. The fourth-order valence-corrected chi connectivity index (χ4v) is 2.03. The molecule has 0 aromatic carbocycles. The van der Waals surface area contributed by atoms with Crippen LogP contribution in [0.2, 0.25) is 0 Å². The van der Waals surface area contributed by atoms with Crippen molar-refractivity contribution in [1.29, 1.82) is 0 Å². The summed E-state index contributed by atoms with van der Waals surface area (Å²) in [5, 5.41) is 1.98. The fourth-order valence-electron chi connectivity index (χ4n) is 2.03. The minimum atomic E-state index is -1.18. The molecule has 1 saturated carbocycles. The van der Waals surface area contributed by atoms with E-state index in [1.165, 1.54) is 0 Å². The van der Waals surface area contributed by atoms with Gasteiger partial charge in [-0.15, -0.1) is 0 Å². The molecule has 2 unspecified atom stereocenters. The lowest BCUT2D eigenvalue weighted by molar-refractivity contribution is -0.150. The van der Waals surface area contributed by atoms with Gasteiger partial charge in [-0.2, -0.15) is 0 Å². The molecule has 0 aromatic rings. The molecule has 112 valence electrons. The van der Waals surface area contributed by atoms with Crippen LogP contribution < -0.4 is 5.32 Å². The maximum atomic E-state index is 11.4. The van der Waals surface area contributed by atoms with E-state index in [0.717, 1.165) is 12.2 Å². The number of hydrogen-bond donors (Lipinski definition) is 1. The van der Waals surface area contributed by atoms with Crippen molar-refractivity contribution >= 4 is 29.5 Å². The van der Waals surface area contributed by atoms with Gasteiger partial charge in [-0.05, 0) is 12.8 Å². The maximum absolute atomic E-state index is 11.4. The van der Waals surface area contributed by atoms with Crippen LogP contribution in [0, 0.1) is 0 Å². The van der Waals surface area contributed by atoms with Crippen molar-refractivity contribution in [3.8, 4) is 0 Å². The molecule has 2 amide bonds. The summed E-state index contributed by atoms with van der Waals surface area (Å²) >= 11 is 0. The predicted octanol–water partition coefficient (Wildman–Crippen LogP) is -0.834. The molecule has 8 heteroatoms. The number of Topliss-reactive ketones (excluding diaryl/α,β-unsaturated/α-hetero) is 1. The van der Waals surface area contributed by atoms with Crippen LogP contribution in [0.5, 0.6) is 0 Å². The lowest BCUT2D eigenvalue weighted by atomic mass is 10.3. The topological polar surface area (TPSA) is 116 Å². The third-order valence-electron chi connectivity index (χ3n) is 3.05. The molecule has 0 radical (unpaired) electrons. The second kappa shape index (κ2) is 6.29. The summed E-state index contributed by atoms with van der Waals surface area (Å²) in [6.07, 6.45) is 0.980. The first-order valence-electron chi connectivity index (χ1n) is 6.41. The molecule has 0 bridgehead atoms. The quantitative estimate of drug-likeness (QED) is 0.408. The Morgan fingerprint density at radius 2 is 1.67 bits per heavy atom. The molecule has 0 spiro atoms. The van der Waals surface area contributed by atoms with Crippen LogP contribution in [0.3, 0.4) is 0 Å². The Balaban J connectivity index is 1.79. The third-order valence-corrected chi connectivity index (χ3v) is 3.05. The molecule has 21 heavy (non-hydrogen) atoms. The Hall–Kier alpha value is -2.51. The Labute approximate surface area is 119 Å². The molecule has 0 aromatic heterocycles. The predicted molar refractivity (Wildman–Crippen MR) is 65.5 cm³/mol. The highest BCUT2D eigenvalue weighted by atomic mass is 16.6. The number of imide groups is 1. The van der Waals surface area contributed by atoms with Gasteiger partial charge in [0.1, 0.15) is 0 Å². The zero-order valence-electron chi connectivity index (χ0n) is 11.0. The van der Waals surface area contributed by atoms with E-state index < -0.39 is 36.0 Å². The van der Waals surface area contributed by atoms with Crippen LogP contribution in [-0.2, 0) is 33.4 Å². The highest BCUT2D eigenvalue weighted by Crippen LogP contribution is 2.17. The molecule has 1 aliphatic carbocycles. The molecular formula is C13H13NO7. The maximum Gasteiger partial charge on any atom is 0.331 e. The van der Waals surface area contributed by atoms with Crippen molar-refractivity contribution in [3.63, 3.8) is 0 Å². The van der Waals surface area contributed by atoms with Crippen LogP contribution in [-0.4, -0.2) is 41.7 Å². The zero-order chi connectivity index (χ0) is 15.4. The van der Waals surface area contributed by atoms with Gasteiger partial charge >= 0.3 is 11.9 Å². The van der Waals surface area contributed by atoms with Gasteiger partial charge in [0.05, 0.1) is 6.42 Å². The van der Waals surface area contributed by atoms with Crippen LogP contribution in [0.1, 0.15) is 25.7 Å². The monoisotopic (exact) mass is 295 g/mol. The number of nitrogens with one attached hydrogen (secondary N) is 1. The van der Waals surface area contributed by atoms with E-state index in [1.807, 2.05) is 5.32 Å². The highest BCUT2D eigenvalue weighted by Gasteiger charge is 2.33. The molecular weight excluding hydrogens is 282 g/mol. The van der Waals surface area contributed by atoms with E-state index in [1.54, 1.807) is 0 Å². The zero-order valence-corrected chi connectivity index (χ0v) is 11.0. The Kier molecular flexibility index (Phi) is 4.46. The van der Waals surface area contributed by atoms with Crippen molar-refractivity contribution in [2.75, 3.05) is 0 Å². The van der Waals surface area contributed by atoms with Crippen molar-refractivity contribution in [3.05, 3.63) is 12.2 Å². The van der Waals surface area contributed by atoms with Crippen molar-refractivity contribution in [2.24, 2.45) is 0 Å². The summed E-state index contributed by atoms with van der Waals surface area (Å²) in [6.45, 7) is 0. The largest absolute Gasteiger partial charge is 0.451 e. The van der Waals surface area contributed by atoms with E-state index in [-0.39, 0.29) is 12.2 Å². The first-order chi connectivity index (χ1) is 9.95. The first kappa shape index (κ1) is 14.9. The molecule has 1 heterocycles. The van der Waals surface area contributed by atoms with Gasteiger partial charge in [0.2, 0.25) is 5.91 Å². The van der Waals surface area contributed by atoms with Gasteiger partial charge in [-0.3, -0.25) is 19.7 Å². The minimum absolute atomic E-state index is 0.138. The second-order valence-electron chi connectivity index (χ2n) is 4.66. The van der Waals surface area contributed by atoms with E-state index in [9.17, 15) is 24.0 Å². The summed E-state index contributed by atoms with van der Waals surface area (Å²) in [5.74, 6) is -3.14. The number of carbonyl (C=O) groups excluding carboxylic acids is 5. The van der Waals surface area contributed by atoms with E-state index in [2.05, 4.69) is 0 Å². The average molecular weight is 295 g/mol. The van der Waals surface area contributed by atoms with Crippen molar-refractivity contribution in [2.45, 2.75) is 37.9 Å². The molecule has 2 atom stereocenters. The molecule has 2 rings (SSSR count). The number of rotatable bonds is 4. The Bertz CT molecular complexity index is 537. The van der Waals surface area contributed by atoms with Crippen LogP contribution in [0.4, 0.5) is 0 Å². The summed E-state index contributed by atoms with van der Waals surface area (Å²) < 4.78 is 9.57. The average Bonchev–Trinajstić information content (AvgIpc) is 2.94. The smallest absolute Gasteiger partial charge is 0.331 e. The van der Waals surface area contributed by atoms with Gasteiger partial charge in [-0.25, -0.2) is 9.59 Å². The summed E-state index contributed by atoms with van der Waals surface area (Å²) in [4.78, 5) is 56.1. The summed E-state index contributed by atoms with van der Waals surface area (Å²) in [7, 11) is 0. The fraction of sp³-hybridized carbons (Fsp3) is 0.462. The standard InChI is InChI=1S/C13H13NO7/c15-7-2-1-3-8(7)20-11(17)4-5-12(18)21-9-6-10(16)14-13(9)19/h4-5,8-9H,1-3,6H2,(H,14,16,19)/b5-4+. The van der Waals surface area contributed by atoms with Gasteiger partial charge in [0.15, 0.2) is 18.0 Å². The molecule has 1 saturated heterocycles. The first-order valence-corrected chi connectivity index (χ1v) is 6.41. The number of amides is 2. The van der Waals surface area contributed by atoms with Gasteiger partial charge < -0.3 is 9.47 Å². The van der Waals surface area contributed by atoms with Crippen molar-refractivity contribution < 1.29 is 33.4 Å². The van der Waals surface area contributed by atoms with Crippen LogP contribution >= 0.6 is 0 Å². The van der Waals surface area contributed by atoms with Gasteiger partial charge in [0, 0.05) is 18.6 Å². The van der Waals surface area contributed by atoms with Gasteiger partial charge in [0.25, 0.3) is 5.91 Å². The molecule has 2 fully saturated rings. The van der Waals surface area contributed by atoms with Crippen LogP contribution in [0.15, 0.2) is 12.2 Å². The number of ether oxygens (including phenoxy) is 2. The highest BCUT2D eigenvalue weighted by molar-refractivity contribution is 6.06. The van der Waals surface area contributed by atoms with E-state index in [0.29, 0.717) is 19.3 Å². The Morgan fingerprint density at radius 3 is 2.14 bits per heavy atom. The molecule has 8 nitrogen and oxygen atoms in total. The van der Waals surface area contributed by atoms with Crippen LogP contribution in [0.25, 0.3) is 0 Å². The second-order valence-corrected chi connectivity index (χ2v) is 4.66.